The Labute approximate surface area is 213 Å². The second kappa shape index (κ2) is 15.9. The van der Waals surface area contributed by atoms with Crippen LogP contribution in [0, 0.1) is 17.7 Å². The molecule has 0 spiro atoms. The molecule has 0 radical (unpaired) electrons. The molecular formula is C31H47FN2O. The topological polar surface area (TPSA) is 35.0 Å². The largest absolute Gasteiger partial charge is 0.491 e. The first-order chi connectivity index (χ1) is 17.2. The van der Waals surface area contributed by atoms with Crippen LogP contribution in [-0.4, -0.2) is 16.8 Å². The van der Waals surface area contributed by atoms with Gasteiger partial charge in [0.1, 0.15) is 0 Å². The Kier molecular flexibility index (Phi) is 12.6. The SMILES string of the molecule is CCCCCCCC1CCC(CCc2ccc(-c3ccc(OCCCCCC)c(F)c3)nn2)CC1. The highest BCUT2D eigenvalue weighted by Crippen LogP contribution is 2.34. The lowest BCUT2D eigenvalue weighted by Crippen LogP contribution is -2.15. The van der Waals surface area contributed by atoms with E-state index >= 15 is 0 Å². The molecule has 3 rings (SSSR count). The van der Waals surface area contributed by atoms with Crippen LogP contribution in [-0.2, 0) is 6.42 Å². The maximum atomic E-state index is 14.5. The molecule has 1 fully saturated rings. The van der Waals surface area contributed by atoms with Gasteiger partial charge in [-0.1, -0.05) is 97.3 Å². The van der Waals surface area contributed by atoms with Crippen molar-refractivity contribution in [2.24, 2.45) is 11.8 Å². The number of aromatic nitrogens is 2. The summed E-state index contributed by atoms with van der Waals surface area (Å²) in [6, 6.07) is 9.11. The van der Waals surface area contributed by atoms with Gasteiger partial charge in [0.05, 0.1) is 18.0 Å². The second-order valence-corrected chi connectivity index (χ2v) is 10.6. The number of hydrogen-bond donors (Lipinski definition) is 0. The highest BCUT2D eigenvalue weighted by molar-refractivity contribution is 5.59. The van der Waals surface area contributed by atoms with Gasteiger partial charge in [0.2, 0.25) is 0 Å². The molecule has 1 aliphatic carbocycles. The van der Waals surface area contributed by atoms with Crippen LogP contribution in [0.15, 0.2) is 30.3 Å². The number of halogens is 1. The van der Waals surface area contributed by atoms with Gasteiger partial charge in [-0.2, -0.15) is 10.2 Å². The van der Waals surface area contributed by atoms with E-state index in [2.05, 4.69) is 30.1 Å². The number of nitrogens with zero attached hydrogens (tertiary/aromatic N) is 2. The first kappa shape index (κ1) is 27.6. The Morgan fingerprint density at radius 3 is 2.11 bits per heavy atom. The van der Waals surface area contributed by atoms with Gasteiger partial charge in [-0.15, -0.1) is 0 Å². The molecule has 0 unspecified atom stereocenters. The second-order valence-electron chi connectivity index (χ2n) is 10.6. The molecule has 1 saturated carbocycles. The molecule has 0 aliphatic heterocycles. The van der Waals surface area contributed by atoms with Crippen molar-refractivity contribution >= 4 is 0 Å². The van der Waals surface area contributed by atoms with E-state index in [0.29, 0.717) is 18.1 Å². The number of rotatable bonds is 16. The molecule has 0 saturated heterocycles. The number of hydrogen-bond acceptors (Lipinski definition) is 3. The standard InChI is InChI=1S/C31H47FN2O/c1-3-5-7-9-10-12-25-13-15-26(16-14-25)17-19-28-20-21-30(34-33-28)27-18-22-31(29(32)24-27)35-23-11-8-6-4-2/h18,20-22,24-26H,3-17,19,23H2,1-2H3. The molecule has 3 nitrogen and oxygen atoms in total. The first-order valence-corrected chi connectivity index (χ1v) is 14.4. The summed E-state index contributed by atoms with van der Waals surface area (Å²) in [6.45, 7) is 5.02. The van der Waals surface area contributed by atoms with Gasteiger partial charge in [-0.3, -0.25) is 0 Å². The molecule has 1 aromatic carbocycles. The summed E-state index contributed by atoms with van der Waals surface area (Å²) in [4.78, 5) is 0. The molecule has 0 amide bonds. The van der Waals surface area contributed by atoms with Crippen LogP contribution in [0.3, 0.4) is 0 Å². The first-order valence-electron chi connectivity index (χ1n) is 14.4. The lowest BCUT2D eigenvalue weighted by Gasteiger charge is -2.28. The summed E-state index contributed by atoms with van der Waals surface area (Å²) in [5.41, 5.74) is 2.49. The van der Waals surface area contributed by atoms with Crippen LogP contribution >= 0.6 is 0 Å². The molecule has 194 valence electrons. The third-order valence-electron chi connectivity index (χ3n) is 7.69. The zero-order chi connectivity index (χ0) is 24.7. The molecule has 0 atom stereocenters. The van der Waals surface area contributed by atoms with E-state index in [1.807, 2.05) is 12.1 Å². The lowest BCUT2D eigenvalue weighted by molar-refractivity contribution is 0.248. The highest BCUT2D eigenvalue weighted by Gasteiger charge is 2.21. The minimum Gasteiger partial charge on any atom is -0.491 e. The van der Waals surface area contributed by atoms with E-state index in [9.17, 15) is 4.39 Å². The highest BCUT2D eigenvalue weighted by atomic mass is 19.1. The van der Waals surface area contributed by atoms with E-state index in [4.69, 9.17) is 4.74 Å². The fourth-order valence-corrected chi connectivity index (χ4v) is 5.33. The average Bonchev–Trinajstić information content (AvgIpc) is 2.89. The van der Waals surface area contributed by atoms with Crippen molar-refractivity contribution in [2.45, 2.75) is 117 Å². The fraction of sp³-hybridized carbons (Fsp3) is 0.677. The zero-order valence-corrected chi connectivity index (χ0v) is 22.2. The molecule has 0 N–H and O–H groups in total. The molecule has 0 bridgehead atoms. The van der Waals surface area contributed by atoms with Crippen LogP contribution in [0.5, 0.6) is 5.75 Å². The van der Waals surface area contributed by atoms with Crippen molar-refractivity contribution in [3.8, 4) is 17.0 Å². The monoisotopic (exact) mass is 482 g/mol. The van der Waals surface area contributed by atoms with Gasteiger partial charge in [-0.05, 0) is 61.4 Å². The number of unbranched alkanes of at least 4 members (excludes halogenated alkanes) is 7. The maximum absolute atomic E-state index is 14.5. The van der Waals surface area contributed by atoms with E-state index in [1.54, 1.807) is 6.07 Å². The maximum Gasteiger partial charge on any atom is 0.165 e. The van der Waals surface area contributed by atoms with Crippen molar-refractivity contribution in [3.05, 3.63) is 41.8 Å². The van der Waals surface area contributed by atoms with Gasteiger partial charge in [0, 0.05) is 5.56 Å². The van der Waals surface area contributed by atoms with E-state index in [0.717, 1.165) is 42.4 Å². The smallest absolute Gasteiger partial charge is 0.165 e. The predicted octanol–water partition coefficient (Wildman–Crippen LogP) is 9.34. The third-order valence-corrected chi connectivity index (χ3v) is 7.69. The van der Waals surface area contributed by atoms with Gasteiger partial charge in [0.25, 0.3) is 0 Å². The van der Waals surface area contributed by atoms with Crippen LogP contribution in [0.1, 0.15) is 116 Å². The van der Waals surface area contributed by atoms with Crippen molar-refractivity contribution in [3.63, 3.8) is 0 Å². The fourth-order valence-electron chi connectivity index (χ4n) is 5.33. The quantitative estimate of drug-likeness (QED) is 0.224. The molecular weight excluding hydrogens is 435 g/mol. The molecule has 1 aliphatic rings. The summed E-state index contributed by atoms with van der Waals surface area (Å²) >= 11 is 0. The Morgan fingerprint density at radius 2 is 1.46 bits per heavy atom. The van der Waals surface area contributed by atoms with Crippen molar-refractivity contribution in [1.82, 2.24) is 10.2 Å². The summed E-state index contributed by atoms with van der Waals surface area (Å²) < 4.78 is 20.1. The summed E-state index contributed by atoms with van der Waals surface area (Å²) in [5, 5.41) is 8.83. The summed E-state index contributed by atoms with van der Waals surface area (Å²) in [7, 11) is 0. The van der Waals surface area contributed by atoms with Gasteiger partial charge in [0.15, 0.2) is 11.6 Å². The van der Waals surface area contributed by atoms with Crippen LogP contribution < -0.4 is 4.74 Å². The van der Waals surface area contributed by atoms with Crippen LogP contribution in [0.25, 0.3) is 11.3 Å². The molecule has 2 aromatic rings. The number of aryl methyl sites for hydroxylation is 1. The van der Waals surface area contributed by atoms with Crippen molar-refractivity contribution < 1.29 is 9.13 Å². The van der Waals surface area contributed by atoms with E-state index in [-0.39, 0.29) is 5.82 Å². The Balaban J connectivity index is 1.37. The zero-order valence-electron chi connectivity index (χ0n) is 22.2. The minimum atomic E-state index is -0.333. The summed E-state index contributed by atoms with van der Waals surface area (Å²) in [5.74, 6) is 1.78. The lowest BCUT2D eigenvalue weighted by atomic mass is 9.78. The number of ether oxygens (including phenoxy) is 1. The molecule has 35 heavy (non-hydrogen) atoms. The van der Waals surface area contributed by atoms with Gasteiger partial charge >= 0.3 is 0 Å². The molecule has 4 heteroatoms. The van der Waals surface area contributed by atoms with E-state index in [1.165, 1.54) is 89.5 Å². The van der Waals surface area contributed by atoms with Crippen LogP contribution in [0.2, 0.25) is 0 Å². The van der Waals surface area contributed by atoms with Gasteiger partial charge in [-0.25, -0.2) is 4.39 Å². The predicted molar refractivity (Wildman–Crippen MR) is 144 cm³/mol. The van der Waals surface area contributed by atoms with Crippen LogP contribution in [0.4, 0.5) is 4.39 Å². The Bertz CT molecular complexity index is 830. The Hall–Kier alpha value is -1.97. The van der Waals surface area contributed by atoms with Crippen molar-refractivity contribution in [1.29, 1.82) is 0 Å². The van der Waals surface area contributed by atoms with E-state index < -0.39 is 0 Å². The molecule has 1 heterocycles. The summed E-state index contributed by atoms with van der Waals surface area (Å²) in [6.07, 6.45) is 20.7. The van der Waals surface area contributed by atoms with Gasteiger partial charge < -0.3 is 4.74 Å². The average molecular weight is 483 g/mol. The molecule has 1 aromatic heterocycles. The van der Waals surface area contributed by atoms with Crippen molar-refractivity contribution in [2.75, 3.05) is 6.61 Å². The Morgan fingerprint density at radius 1 is 0.771 bits per heavy atom. The number of benzene rings is 1. The minimum absolute atomic E-state index is 0.320. The normalized spacial score (nSPS) is 18.0. The third kappa shape index (κ3) is 9.89.